The molecular weight excluding hydrogens is 434 g/mol. The van der Waals surface area contributed by atoms with Gasteiger partial charge in [0.25, 0.3) is 0 Å². The molecule has 184 valence electrons. The minimum Gasteiger partial charge on any atom is -0.356 e. The lowest BCUT2D eigenvalue weighted by atomic mass is 9.86. The van der Waals surface area contributed by atoms with E-state index in [2.05, 4.69) is 103 Å². The Morgan fingerprint density at radius 1 is 0.528 bits per heavy atom. The van der Waals surface area contributed by atoms with Crippen LogP contribution in [0.5, 0.6) is 0 Å². The highest BCUT2D eigenvalue weighted by Crippen LogP contribution is 2.26. The lowest BCUT2D eigenvalue weighted by molar-refractivity contribution is 0.593. The zero-order chi connectivity index (χ0) is 24.6. The van der Waals surface area contributed by atoms with E-state index in [4.69, 9.17) is 0 Å². The fourth-order valence-corrected chi connectivity index (χ4v) is 5.23. The van der Waals surface area contributed by atoms with Crippen LogP contribution in [0.25, 0.3) is 11.1 Å². The van der Waals surface area contributed by atoms with E-state index in [0.29, 0.717) is 0 Å². The highest BCUT2D eigenvalue weighted by molar-refractivity contribution is 5.68. The standard InChI is InChI=1S/C35H39N/c1-27-13-16-30(17-14-27)31-21-23-34(24-22-31)36-35-12-8-11-28(26-35)9-6-4-2-3-5-7-10-29-15-18-32-19-20-33(32)25-29/h8,11-18,21-26,36H,2-7,9-10,19-20H2,1H3. The molecule has 1 nitrogen and oxygen atoms in total. The van der Waals surface area contributed by atoms with Crippen LogP contribution in [-0.2, 0) is 25.7 Å². The Morgan fingerprint density at radius 3 is 1.78 bits per heavy atom. The molecule has 5 rings (SSSR count). The molecule has 1 aliphatic rings. The summed E-state index contributed by atoms with van der Waals surface area (Å²) in [6, 6.07) is 33.5. The van der Waals surface area contributed by atoms with Gasteiger partial charge in [-0.2, -0.15) is 0 Å². The Balaban J connectivity index is 0.998. The van der Waals surface area contributed by atoms with Crippen molar-refractivity contribution >= 4 is 11.4 Å². The molecule has 0 fully saturated rings. The molecule has 0 spiro atoms. The molecule has 1 aliphatic carbocycles. The molecule has 4 aromatic carbocycles. The zero-order valence-corrected chi connectivity index (χ0v) is 21.7. The summed E-state index contributed by atoms with van der Waals surface area (Å²) in [5.41, 5.74) is 12.3. The maximum Gasteiger partial charge on any atom is 0.0386 e. The van der Waals surface area contributed by atoms with E-state index >= 15 is 0 Å². The van der Waals surface area contributed by atoms with Gasteiger partial charge in [-0.1, -0.05) is 98.0 Å². The lowest BCUT2D eigenvalue weighted by Crippen LogP contribution is -2.08. The van der Waals surface area contributed by atoms with E-state index in [1.807, 2.05) is 0 Å². The topological polar surface area (TPSA) is 12.0 Å². The summed E-state index contributed by atoms with van der Waals surface area (Å²) in [6.45, 7) is 2.13. The first kappa shape index (κ1) is 24.4. The van der Waals surface area contributed by atoms with Gasteiger partial charge in [-0.15, -0.1) is 0 Å². The smallest absolute Gasteiger partial charge is 0.0386 e. The molecule has 36 heavy (non-hydrogen) atoms. The summed E-state index contributed by atoms with van der Waals surface area (Å²) in [6.07, 6.45) is 13.0. The van der Waals surface area contributed by atoms with Gasteiger partial charge in [-0.3, -0.25) is 0 Å². The average Bonchev–Trinajstić information content (AvgIpc) is 2.88. The monoisotopic (exact) mass is 473 g/mol. The van der Waals surface area contributed by atoms with Crippen LogP contribution in [0.3, 0.4) is 0 Å². The van der Waals surface area contributed by atoms with Gasteiger partial charge in [0.1, 0.15) is 0 Å². The van der Waals surface area contributed by atoms with Crippen molar-refractivity contribution in [3.05, 3.63) is 119 Å². The number of fused-ring (bicyclic) bond motifs is 1. The lowest BCUT2D eigenvalue weighted by Gasteiger charge is -2.19. The van der Waals surface area contributed by atoms with E-state index in [1.54, 1.807) is 16.7 Å². The Morgan fingerprint density at radius 2 is 1.14 bits per heavy atom. The van der Waals surface area contributed by atoms with E-state index in [0.717, 1.165) is 12.1 Å². The molecular formula is C35H39N. The van der Waals surface area contributed by atoms with Crippen LogP contribution in [-0.4, -0.2) is 0 Å². The van der Waals surface area contributed by atoms with Crippen molar-refractivity contribution in [2.45, 2.75) is 71.1 Å². The third-order valence-corrected chi connectivity index (χ3v) is 7.60. The van der Waals surface area contributed by atoms with Gasteiger partial charge >= 0.3 is 0 Å². The van der Waals surface area contributed by atoms with Crippen LogP contribution >= 0.6 is 0 Å². The fraction of sp³-hybridized carbons (Fsp3) is 0.314. The number of unbranched alkanes of at least 4 members (excludes halogenated alkanes) is 5. The van der Waals surface area contributed by atoms with Crippen LogP contribution in [0.4, 0.5) is 11.4 Å². The maximum absolute atomic E-state index is 3.58. The summed E-state index contributed by atoms with van der Waals surface area (Å²) in [4.78, 5) is 0. The predicted molar refractivity (Wildman–Crippen MR) is 155 cm³/mol. The summed E-state index contributed by atoms with van der Waals surface area (Å²) in [5.74, 6) is 0. The molecule has 0 unspecified atom stereocenters. The van der Waals surface area contributed by atoms with Gasteiger partial charge in [0, 0.05) is 11.4 Å². The van der Waals surface area contributed by atoms with Crippen molar-refractivity contribution in [2.75, 3.05) is 5.32 Å². The van der Waals surface area contributed by atoms with Gasteiger partial charge in [0.05, 0.1) is 0 Å². The number of benzene rings is 4. The molecule has 0 aromatic heterocycles. The van der Waals surface area contributed by atoms with Crippen molar-refractivity contribution in [1.29, 1.82) is 0 Å². The molecule has 0 amide bonds. The SMILES string of the molecule is Cc1ccc(-c2ccc(Nc3cccc(CCCCCCCCc4ccc5c(c4)CC5)c3)cc2)cc1. The number of hydrogen-bond donors (Lipinski definition) is 1. The first-order chi connectivity index (χ1) is 17.7. The normalized spacial score (nSPS) is 12.1. The number of anilines is 2. The van der Waals surface area contributed by atoms with E-state index in [-0.39, 0.29) is 0 Å². The molecule has 0 radical (unpaired) electrons. The molecule has 0 bridgehead atoms. The summed E-state index contributed by atoms with van der Waals surface area (Å²) >= 11 is 0. The summed E-state index contributed by atoms with van der Waals surface area (Å²) in [7, 11) is 0. The highest BCUT2D eigenvalue weighted by Gasteiger charge is 2.12. The van der Waals surface area contributed by atoms with Gasteiger partial charge in [0.15, 0.2) is 0 Å². The Hall–Kier alpha value is -3.32. The third-order valence-electron chi connectivity index (χ3n) is 7.60. The number of aryl methyl sites for hydroxylation is 5. The largest absolute Gasteiger partial charge is 0.356 e. The van der Waals surface area contributed by atoms with E-state index in [9.17, 15) is 0 Å². The summed E-state index contributed by atoms with van der Waals surface area (Å²) < 4.78 is 0. The zero-order valence-electron chi connectivity index (χ0n) is 21.7. The second-order valence-electron chi connectivity index (χ2n) is 10.5. The maximum atomic E-state index is 3.58. The van der Waals surface area contributed by atoms with Gasteiger partial charge in [0.2, 0.25) is 0 Å². The predicted octanol–water partition coefficient (Wildman–Crippen LogP) is 9.63. The van der Waals surface area contributed by atoms with Crippen molar-refractivity contribution in [3.8, 4) is 11.1 Å². The quantitative estimate of drug-likeness (QED) is 0.202. The molecule has 1 N–H and O–H groups in total. The Kier molecular flexibility index (Phi) is 8.18. The van der Waals surface area contributed by atoms with Crippen LogP contribution in [0, 0.1) is 6.92 Å². The Bertz CT molecular complexity index is 1250. The first-order valence-corrected chi connectivity index (χ1v) is 13.9. The van der Waals surface area contributed by atoms with Crippen LogP contribution < -0.4 is 5.32 Å². The second-order valence-corrected chi connectivity index (χ2v) is 10.5. The molecule has 0 heterocycles. The molecule has 0 saturated carbocycles. The second kappa shape index (κ2) is 12.1. The van der Waals surface area contributed by atoms with Crippen molar-refractivity contribution in [1.82, 2.24) is 0 Å². The summed E-state index contributed by atoms with van der Waals surface area (Å²) in [5, 5.41) is 3.58. The molecule has 1 heteroatoms. The van der Waals surface area contributed by atoms with Gasteiger partial charge < -0.3 is 5.32 Å². The number of hydrogen-bond acceptors (Lipinski definition) is 1. The van der Waals surface area contributed by atoms with Crippen molar-refractivity contribution in [2.24, 2.45) is 0 Å². The van der Waals surface area contributed by atoms with Gasteiger partial charge in [-0.25, -0.2) is 0 Å². The number of rotatable bonds is 12. The number of nitrogens with one attached hydrogen (secondary N) is 1. The third kappa shape index (κ3) is 6.66. The van der Waals surface area contributed by atoms with Crippen LogP contribution in [0.2, 0.25) is 0 Å². The molecule has 0 saturated heterocycles. The highest BCUT2D eigenvalue weighted by atomic mass is 14.9. The van der Waals surface area contributed by atoms with Gasteiger partial charge in [-0.05, 0) is 103 Å². The van der Waals surface area contributed by atoms with Crippen molar-refractivity contribution < 1.29 is 0 Å². The van der Waals surface area contributed by atoms with E-state index < -0.39 is 0 Å². The average molecular weight is 474 g/mol. The van der Waals surface area contributed by atoms with Crippen LogP contribution in [0.1, 0.15) is 66.3 Å². The van der Waals surface area contributed by atoms with E-state index in [1.165, 1.54) is 85.7 Å². The minimum atomic E-state index is 1.13. The molecule has 0 aliphatic heterocycles. The van der Waals surface area contributed by atoms with Crippen molar-refractivity contribution in [3.63, 3.8) is 0 Å². The molecule has 4 aromatic rings. The van der Waals surface area contributed by atoms with Crippen LogP contribution in [0.15, 0.2) is 91.0 Å². The fourth-order valence-electron chi connectivity index (χ4n) is 5.23. The first-order valence-electron chi connectivity index (χ1n) is 13.9. The Labute approximate surface area is 217 Å². The minimum absolute atomic E-state index is 1.13. The molecule has 0 atom stereocenters.